The number of carbonyl (C=O) groups excluding carboxylic acids is 1. The van der Waals surface area contributed by atoms with Gasteiger partial charge < -0.3 is 19.4 Å². The monoisotopic (exact) mass is 489 g/mol. The summed E-state index contributed by atoms with van der Waals surface area (Å²) in [6.07, 6.45) is -0.441. The zero-order chi connectivity index (χ0) is 24.8. The van der Waals surface area contributed by atoms with E-state index in [2.05, 4.69) is 15.5 Å². The lowest BCUT2D eigenvalue weighted by Gasteiger charge is -2.19. The zero-order valence-electron chi connectivity index (χ0n) is 19.0. The summed E-state index contributed by atoms with van der Waals surface area (Å²) in [6.45, 7) is 5.75. The van der Waals surface area contributed by atoms with Crippen LogP contribution in [-0.4, -0.2) is 38.5 Å². The Balaban J connectivity index is 1.70. The fourth-order valence-electron chi connectivity index (χ4n) is 3.12. The van der Waals surface area contributed by atoms with E-state index in [9.17, 15) is 19.3 Å². The fourth-order valence-corrected chi connectivity index (χ4v) is 3.99. The van der Waals surface area contributed by atoms with E-state index in [1.54, 1.807) is 13.2 Å². The number of anilines is 1. The molecule has 0 aliphatic carbocycles. The quantitative estimate of drug-likeness (QED) is 0.245. The molecule has 180 valence electrons. The SMILES string of the molecule is COc1cccc(OC(C)c2nnc(SCC(=O)Nc3cc([N+](=O)[O-])ccc3F)n2C(C)C)c1. The topological polar surface area (TPSA) is 121 Å². The van der Waals surface area contributed by atoms with E-state index < -0.39 is 22.8 Å². The molecule has 34 heavy (non-hydrogen) atoms. The molecule has 0 saturated carbocycles. The van der Waals surface area contributed by atoms with Crippen LogP contribution < -0.4 is 14.8 Å². The fraction of sp³-hybridized carbons (Fsp3) is 0.318. The molecule has 0 bridgehead atoms. The Morgan fingerprint density at radius 2 is 1.94 bits per heavy atom. The number of nitro groups is 1. The van der Waals surface area contributed by atoms with Crippen LogP contribution in [-0.2, 0) is 4.79 Å². The van der Waals surface area contributed by atoms with Gasteiger partial charge in [0, 0.05) is 24.2 Å². The first-order valence-electron chi connectivity index (χ1n) is 10.3. The number of amides is 1. The summed E-state index contributed by atoms with van der Waals surface area (Å²) < 4.78 is 27.0. The minimum Gasteiger partial charge on any atom is -0.497 e. The molecule has 0 aliphatic rings. The Hall–Kier alpha value is -3.67. The van der Waals surface area contributed by atoms with Crippen LogP contribution in [0.25, 0.3) is 0 Å². The number of hydrogen-bond donors (Lipinski definition) is 1. The summed E-state index contributed by atoms with van der Waals surface area (Å²) in [4.78, 5) is 22.6. The second-order valence-corrected chi connectivity index (χ2v) is 8.44. The first-order valence-corrected chi connectivity index (χ1v) is 11.3. The average molecular weight is 490 g/mol. The molecule has 0 aliphatic heterocycles. The molecule has 3 aromatic rings. The number of carbonyl (C=O) groups is 1. The van der Waals surface area contributed by atoms with Crippen LogP contribution in [0.1, 0.15) is 38.7 Å². The minimum absolute atomic E-state index is 0.0267. The highest BCUT2D eigenvalue weighted by Gasteiger charge is 2.22. The van der Waals surface area contributed by atoms with E-state index in [4.69, 9.17) is 9.47 Å². The smallest absolute Gasteiger partial charge is 0.271 e. The van der Waals surface area contributed by atoms with Gasteiger partial charge in [0.2, 0.25) is 5.91 Å². The Labute approximate surface area is 199 Å². The number of aromatic nitrogens is 3. The number of hydrogen-bond acceptors (Lipinski definition) is 8. The van der Waals surface area contributed by atoms with E-state index in [1.807, 2.05) is 43.5 Å². The normalized spacial score (nSPS) is 11.8. The number of nitro benzene ring substituents is 1. The van der Waals surface area contributed by atoms with Crippen molar-refractivity contribution >= 4 is 29.0 Å². The van der Waals surface area contributed by atoms with Crippen molar-refractivity contribution < 1.29 is 23.6 Å². The van der Waals surface area contributed by atoms with Crippen LogP contribution in [0.15, 0.2) is 47.6 Å². The van der Waals surface area contributed by atoms with Crippen molar-refractivity contribution in [1.29, 1.82) is 0 Å². The number of methoxy groups -OCH3 is 1. The van der Waals surface area contributed by atoms with E-state index >= 15 is 0 Å². The van der Waals surface area contributed by atoms with Crippen LogP contribution in [0, 0.1) is 15.9 Å². The Morgan fingerprint density at radius 1 is 1.21 bits per heavy atom. The third-order valence-electron chi connectivity index (χ3n) is 4.69. The largest absolute Gasteiger partial charge is 0.497 e. The minimum atomic E-state index is -0.764. The maximum absolute atomic E-state index is 14.0. The molecule has 0 radical (unpaired) electrons. The number of nitrogens with one attached hydrogen (secondary N) is 1. The molecule has 1 unspecified atom stereocenters. The molecule has 1 N–H and O–H groups in total. The van der Waals surface area contributed by atoms with Gasteiger partial charge in [0.15, 0.2) is 17.1 Å². The van der Waals surface area contributed by atoms with Gasteiger partial charge in [0.1, 0.15) is 17.3 Å². The molecular formula is C22H24FN5O5S. The standard InChI is InChI=1S/C22H24FN5O5S/c1-13(2)27-21(14(3)33-17-7-5-6-16(11-17)32-4)25-26-22(27)34-12-20(29)24-19-10-15(28(30)31)8-9-18(19)23/h5-11,13-14H,12H2,1-4H3,(H,24,29). The molecule has 1 aromatic heterocycles. The van der Waals surface area contributed by atoms with Gasteiger partial charge in [0.25, 0.3) is 5.69 Å². The number of thioether (sulfide) groups is 1. The van der Waals surface area contributed by atoms with Crippen molar-refractivity contribution in [3.63, 3.8) is 0 Å². The van der Waals surface area contributed by atoms with Crippen molar-refractivity contribution in [1.82, 2.24) is 14.8 Å². The molecule has 2 aromatic carbocycles. The van der Waals surface area contributed by atoms with E-state index in [-0.39, 0.29) is 23.2 Å². The maximum atomic E-state index is 14.0. The number of non-ortho nitro benzene ring substituents is 1. The number of ether oxygens (including phenoxy) is 2. The third kappa shape index (κ3) is 6.01. The highest BCUT2D eigenvalue weighted by Crippen LogP contribution is 2.29. The first-order chi connectivity index (χ1) is 16.2. The Morgan fingerprint density at radius 3 is 2.62 bits per heavy atom. The van der Waals surface area contributed by atoms with Crippen molar-refractivity contribution in [2.75, 3.05) is 18.2 Å². The highest BCUT2D eigenvalue weighted by molar-refractivity contribution is 7.99. The summed E-state index contributed by atoms with van der Waals surface area (Å²) in [6, 6.07) is 10.1. The van der Waals surface area contributed by atoms with E-state index in [0.717, 1.165) is 30.0 Å². The second-order valence-electron chi connectivity index (χ2n) is 7.50. The summed E-state index contributed by atoms with van der Waals surface area (Å²) in [5.41, 5.74) is -0.579. The molecule has 1 atom stereocenters. The van der Waals surface area contributed by atoms with Crippen molar-refractivity contribution in [3.05, 3.63) is 64.2 Å². The van der Waals surface area contributed by atoms with Gasteiger partial charge in [-0.3, -0.25) is 14.9 Å². The molecule has 0 fully saturated rings. The number of rotatable bonds is 10. The van der Waals surface area contributed by atoms with Gasteiger partial charge in [-0.05, 0) is 39.0 Å². The predicted molar refractivity (Wildman–Crippen MR) is 125 cm³/mol. The van der Waals surface area contributed by atoms with E-state index in [1.165, 1.54) is 0 Å². The molecule has 0 spiro atoms. The van der Waals surface area contributed by atoms with Gasteiger partial charge in [-0.25, -0.2) is 4.39 Å². The average Bonchev–Trinajstić information content (AvgIpc) is 3.23. The van der Waals surface area contributed by atoms with Crippen LogP contribution in [0.3, 0.4) is 0 Å². The number of benzene rings is 2. The number of nitrogens with zero attached hydrogens (tertiary/aromatic N) is 4. The van der Waals surface area contributed by atoms with Gasteiger partial charge in [-0.15, -0.1) is 10.2 Å². The zero-order valence-corrected chi connectivity index (χ0v) is 19.8. The summed E-state index contributed by atoms with van der Waals surface area (Å²) >= 11 is 1.12. The second kappa shape index (κ2) is 11.0. The lowest BCUT2D eigenvalue weighted by Crippen LogP contribution is -2.17. The van der Waals surface area contributed by atoms with Gasteiger partial charge in [-0.1, -0.05) is 17.8 Å². The summed E-state index contributed by atoms with van der Waals surface area (Å²) in [5.74, 6) is 0.448. The van der Waals surface area contributed by atoms with Crippen LogP contribution >= 0.6 is 11.8 Å². The summed E-state index contributed by atoms with van der Waals surface area (Å²) in [5, 5.41) is 22.2. The van der Waals surface area contributed by atoms with Crippen LogP contribution in [0.4, 0.5) is 15.8 Å². The highest BCUT2D eigenvalue weighted by atomic mass is 32.2. The molecule has 10 nitrogen and oxygen atoms in total. The van der Waals surface area contributed by atoms with Gasteiger partial charge in [-0.2, -0.15) is 0 Å². The van der Waals surface area contributed by atoms with Gasteiger partial charge >= 0.3 is 0 Å². The van der Waals surface area contributed by atoms with Crippen molar-refractivity contribution in [3.8, 4) is 11.5 Å². The van der Waals surface area contributed by atoms with Crippen molar-refractivity contribution in [2.45, 2.75) is 38.1 Å². The third-order valence-corrected chi connectivity index (χ3v) is 5.64. The summed E-state index contributed by atoms with van der Waals surface area (Å²) in [7, 11) is 1.57. The Bertz CT molecular complexity index is 1190. The van der Waals surface area contributed by atoms with Crippen LogP contribution in [0.2, 0.25) is 0 Å². The maximum Gasteiger partial charge on any atom is 0.271 e. The molecule has 12 heteroatoms. The van der Waals surface area contributed by atoms with Gasteiger partial charge in [0.05, 0.1) is 23.5 Å². The first kappa shape index (κ1) is 25.0. The predicted octanol–water partition coefficient (Wildman–Crippen LogP) is 4.79. The number of halogens is 1. The lowest BCUT2D eigenvalue weighted by molar-refractivity contribution is -0.384. The molecule has 1 heterocycles. The molecule has 1 amide bonds. The lowest BCUT2D eigenvalue weighted by atomic mass is 10.2. The molecule has 0 saturated heterocycles. The Kier molecular flexibility index (Phi) is 8.05. The molecular weight excluding hydrogens is 465 g/mol. The van der Waals surface area contributed by atoms with E-state index in [0.29, 0.717) is 22.5 Å². The van der Waals surface area contributed by atoms with Crippen molar-refractivity contribution in [2.24, 2.45) is 0 Å². The molecule has 3 rings (SSSR count). The van der Waals surface area contributed by atoms with Crippen LogP contribution in [0.5, 0.6) is 11.5 Å².